The van der Waals surface area contributed by atoms with Gasteiger partial charge in [0, 0.05) is 29.1 Å². The molecule has 0 fully saturated rings. The van der Waals surface area contributed by atoms with Crippen LogP contribution in [0.15, 0.2) is 53.9 Å². The van der Waals surface area contributed by atoms with Gasteiger partial charge in [-0.2, -0.15) is 0 Å². The summed E-state index contributed by atoms with van der Waals surface area (Å²) in [4.78, 5) is 1.27. The summed E-state index contributed by atoms with van der Waals surface area (Å²) >= 11 is 7.80. The average molecular weight is 428 g/mol. The van der Waals surface area contributed by atoms with E-state index in [-0.39, 0.29) is 24.8 Å². The van der Waals surface area contributed by atoms with Crippen LogP contribution in [-0.4, -0.2) is 7.11 Å². The second kappa shape index (κ2) is 10.5. The zero-order valence-corrected chi connectivity index (χ0v) is 17.1. The van der Waals surface area contributed by atoms with Crippen LogP contribution in [0.5, 0.6) is 11.5 Å². The molecule has 0 aliphatic heterocycles. The molecule has 0 unspecified atom stereocenters. The van der Waals surface area contributed by atoms with Gasteiger partial charge in [0.25, 0.3) is 0 Å². The van der Waals surface area contributed by atoms with Crippen LogP contribution in [0.25, 0.3) is 0 Å². The molecule has 27 heavy (non-hydrogen) atoms. The molecule has 1 heterocycles. The van der Waals surface area contributed by atoms with Gasteiger partial charge in [-0.3, -0.25) is 0 Å². The van der Waals surface area contributed by atoms with Crippen molar-refractivity contribution >= 4 is 35.3 Å². The van der Waals surface area contributed by atoms with E-state index in [1.54, 1.807) is 24.5 Å². The van der Waals surface area contributed by atoms with E-state index in [4.69, 9.17) is 21.1 Å². The van der Waals surface area contributed by atoms with Gasteiger partial charge >= 0.3 is 0 Å². The lowest BCUT2D eigenvalue weighted by Crippen LogP contribution is -2.13. The molecule has 0 aliphatic rings. The van der Waals surface area contributed by atoms with Crippen molar-refractivity contribution < 1.29 is 13.9 Å². The SMILES string of the molecule is COc1cccc(CNCc2cccs2)c1OCc1ccc(F)cc1Cl.Cl. The topological polar surface area (TPSA) is 30.5 Å². The molecule has 0 aliphatic carbocycles. The molecule has 3 nitrogen and oxygen atoms in total. The smallest absolute Gasteiger partial charge is 0.166 e. The molecular weight excluding hydrogens is 408 g/mol. The quantitative estimate of drug-likeness (QED) is 0.489. The van der Waals surface area contributed by atoms with Crippen molar-refractivity contribution in [3.8, 4) is 11.5 Å². The highest BCUT2D eigenvalue weighted by Gasteiger charge is 2.12. The van der Waals surface area contributed by atoms with E-state index >= 15 is 0 Å². The summed E-state index contributed by atoms with van der Waals surface area (Å²) in [5, 5.41) is 5.82. The lowest BCUT2D eigenvalue weighted by Gasteiger charge is -2.16. The highest BCUT2D eigenvalue weighted by atomic mass is 35.5. The number of halogens is 3. The fourth-order valence-electron chi connectivity index (χ4n) is 2.55. The molecule has 0 spiro atoms. The number of nitrogens with one attached hydrogen (secondary N) is 1. The van der Waals surface area contributed by atoms with Gasteiger partial charge in [-0.25, -0.2) is 4.39 Å². The molecule has 0 saturated carbocycles. The lowest BCUT2D eigenvalue weighted by atomic mass is 10.1. The van der Waals surface area contributed by atoms with Gasteiger partial charge in [0.2, 0.25) is 0 Å². The minimum absolute atomic E-state index is 0. The maximum atomic E-state index is 13.2. The van der Waals surface area contributed by atoms with Crippen molar-refractivity contribution in [2.45, 2.75) is 19.7 Å². The Hall–Kier alpha value is -1.79. The number of rotatable bonds is 8. The van der Waals surface area contributed by atoms with Gasteiger partial charge in [0.1, 0.15) is 12.4 Å². The third kappa shape index (κ3) is 5.84. The number of hydrogen-bond acceptors (Lipinski definition) is 4. The van der Waals surface area contributed by atoms with Crippen LogP contribution in [0.3, 0.4) is 0 Å². The summed E-state index contributed by atoms with van der Waals surface area (Å²) in [5.74, 6) is 0.947. The Bertz CT molecular complexity index is 859. The zero-order chi connectivity index (χ0) is 18.4. The second-order valence-corrected chi connectivity index (χ2v) is 7.10. The molecule has 7 heteroatoms. The van der Waals surface area contributed by atoms with Crippen molar-refractivity contribution in [1.82, 2.24) is 5.32 Å². The molecular formula is C20H20Cl2FNO2S. The minimum atomic E-state index is -0.366. The first-order chi connectivity index (χ1) is 12.7. The second-order valence-electron chi connectivity index (χ2n) is 5.66. The number of para-hydroxylation sites is 1. The molecule has 0 radical (unpaired) electrons. The molecule has 0 amide bonds. The van der Waals surface area contributed by atoms with Crippen LogP contribution < -0.4 is 14.8 Å². The fourth-order valence-corrected chi connectivity index (χ4v) is 3.44. The summed E-state index contributed by atoms with van der Waals surface area (Å²) in [6.07, 6.45) is 0. The van der Waals surface area contributed by atoms with Crippen LogP contribution >= 0.6 is 35.3 Å². The van der Waals surface area contributed by atoms with Gasteiger partial charge in [0.15, 0.2) is 11.5 Å². The van der Waals surface area contributed by atoms with Crippen molar-refractivity contribution in [3.05, 3.63) is 80.8 Å². The van der Waals surface area contributed by atoms with E-state index in [2.05, 4.69) is 16.8 Å². The molecule has 3 rings (SSSR count). The average Bonchev–Trinajstić information content (AvgIpc) is 3.15. The number of ether oxygens (including phenoxy) is 2. The first-order valence-electron chi connectivity index (χ1n) is 8.13. The van der Waals surface area contributed by atoms with Crippen LogP contribution in [0.4, 0.5) is 4.39 Å². The van der Waals surface area contributed by atoms with Crippen molar-refractivity contribution in [2.24, 2.45) is 0 Å². The normalized spacial score (nSPS) is 10.3. The Morgan fingerprint density at radius 3 is 2.63 bits per heavy atom. The van der Waals surface area contributed by atoms with Gasteiger partial charge in [0.05, 0.1) is 12.1 Å². The van der Waals surface area contributed by atoms with Crippen molar-refractivity contribution in [3.63, 3.8) is 0 Å². The summed E-state index contributed by atoms with van der Waals surface area (Å²) < 4.78 is 24.6. The van der Waals surface area contributed by atoms with Gasteiger partial charge in [-0.15, -0.1) is 23.7 Å². The van der Waals surface area contributed by atoms with Gasteiger partial charge < -0.3 is 14.8 Å². The number of methoxy groups -OCH3 is 1. The number of thiophene rings is 1. The van der Waals surface area contributed by atoms with Crippen LogP contribution in [0.1, 0.15) is 16.0 Å². The third-order valence-corrected chi connectivity index (χ3v) is 5.09. The van der Waals surface area contributed by atoms with E-state index in [1.165, 1.54) is 17.0 Å². The summed E-state index contributed by atoms with van der Waals surface area (Å²) in [5.41, 5.74) is 1.70. The molecule has 0 atom stereocenters. The number of benzene rings is 2. The predicted octanol–water partition coefficient (Wildman–Crippen LogP) is 5.84. The Morgan fingerprint density at radius 2 is 1.93 bits per heavy atom. The minimum Gasteiger partial charge on any atom is -0.493 e. The molecule has 144 valence electrons. The molecule has 1 aromatic heterocycles. The number of hydrogen-bond donors (Lipinski definition) is 1. The van der Waals surface area contributed by atoms with Crippen molar-refractivity contribution in [2.75, 3.05) is 7.11 Å². The first kappa shape index (κ1) is 21.5. The molecule has 0 bridgehead atoms. The van der Waals surface area contributed by atoms with Gasteiger partial charge in [-0.05, 0) is 29.6 Å². The highest BCUT2D eigenvalue weighted by Crippen LogP contribution is 2.32. The summed E-state index contributed by atoms with van der Waals surface area (Å²) in [7, 11) is 1.61. The maximum absolute atomic E-state index is 13.2. The van der Waals surface area contributed by atoms with Crippen molar-refractivity contribution in [1.29, 1.82) is 0 Å². The van der Waals surface area contributed by atoms with E-state index in [0.717, 1.165) is 17.7 Å². The highest BCUT2D eigenvalue weighted by molar-refractivity contribution is 7.09. The Balaban J connectivity index is 0.00000261. The van der Waals surface area contributed by atoms with Gasteiger partial charge in [-0.1, -0.05) is 35.9 Å². The molecule has 3 aromatic rings. The first-order valence-corrected chi connectivity index (χ1v) is 9.39. The standard InChI is InChI=1S/C20H19ClFNO2S.ClH/c1-24-19-6-2-4-14(11-23-12-17-5-3-9-26-17)20(19)25-13-15-7-8-16(22)10-18(15)21;/h2-10,23H,11-13H2,1H3;1H. The molecule has 2 aromatic carbocycles. The zero-order valence-electron chi connectivity index (χ0n) is 14.7. The maximum Gasteiger partial charge on any atom is 0.166 e. The monoisotopic (exact) mass is 427 g/mol. The lowest BCUT2D eigenvalue weighted by molar-refractivity contribution is 0.280. The predicted molar refractivity (Wildman–Crippen MR) is 111 cm³/mol. The summed E-state index contributed by atoms with van der Waals surface area (Å²) in [6.45, 7) is 1.66. The van der Waals surface area contributed by atoms with Crippen LogP contribution in [0, 0.1) is 5.82 Å². The molecule has 0 saturated heterocycles. The Labute approximate surface area is 173 Å². The fraction of sp³-hybridized carbons (Fsp3) is 0.200. The summed E-state index contributed by atoms with van der Waals surface area (Å²) in [6, 6.07) is 14.2. The van der Waals surface area contributed by atoms with E-state index in [0.29, 0.717) is 23.1 Å². The Kier molecular flexibility index (Phi) is 8.38. The largest absolute Gasteiger partial charge is 0.493 e. The van der Waals surface area contributed by atoms with Crippen LogP contribution in [-0.2, 0) is 19.7 Å². The third-order valence-electron chi connectivity index (χ3n) is 3.86. The van der Waals surface area contributed by atoms with Crippen LogP contribution in [0.2, 0.25) is 5.02 Å². The van der Waals surface area contributed by atoms with E-state index in [9.17, 15) is 4.39 Å². The van der Waals surface area contributed by atoms with E-state index < -0.39 is 0 Å². The Morgan fingerprint density at radius 1 is 1.07 bits per heavy atom. The molecule has 1 N–H and O–H groups in total. The van der Waals surface area contributed by atoms with E-state index in [1.807, 2.05) is 24.3 Å².